The second kappa shape index (κ2) is 9.86. The molecule has 3 rings (SSSR count). The van der Waals surface area contributed by atoms with Crippen LogP contribution in [0.5, 0.6) is 0 Å². The van der Waals surface area contributed by atoms with Crippen LogP contribution in [0.2, 0.25) is 0 Å². The molecule has 2 aliphatic rings. The summed E-state index contributed by atoms with van der Waals surface area (Å²) in [6, 6.07) is 4.76. The highest BCUT2D eigenvalue weighted by atomic mass is 32.2. The molecular weight excluding hydrogens is 395 g/mol. The van der Waals surface area contributed by atoms with Gasteiger partial charge in [0.1, 0.15) is 5.82 Å². The van der Waals surface area contributed by atoms with Gasteiger partial charge in [0.2, 0.25) is 10.0 Å². The molecule has 1 aromatic rings. The van der Waals surface area contributed by atoms with Crippen LogP contribution in [0.15, 0.2) is 29.2 Å². The summed E-state index contributed by atoms with van der Waals surface area (Å²) in [5.74, 6) is -0.471. The number of piperidine rings is 1. The number of nitrogens with zero attached hydrogens (tertiary/aromatic N) is 3. The number of rotatable bonds is 5. The Balaban J connectivity index is 1.53. The van der Waals surface area contributed by atoms with Crippen LogP contribution in [0, 0.1) is 5.82 Å². The average Bonchev–Trinajstić information content (AvgIpc) is 2.96. The van der Waals surface area contributed by atoms with Gasteiger partial charge in [-0.1, -0.05) is 6.42 Å². The van der Waals surface area contributed by atoms with Crippen molar-refractivity contribution in [3.8, 4) is 0 Å². The van der Waals surface area contributed by atoms with Gasteiger partial charge in [0.15, 0.2) is 0 Å². The number of carbonyl (C=O) groups excluding carboxylic acids is 1. The normalized spacial score (nSPS) is 20.8. The van der Waals surface area contributed by atoms with Gasteiger partial charge in [-0.05, 0) is 63.5 Å². The van der Waals surface area contributed by atoms with Gasteiger partial charge in [0.05, 0.1) is 4.90 Å². The van der Waals surface area contributed by atoms with Crippen LogP contribution >= 0.6 is 0 Å². The molecule has 2 amide bonds. The van der Waals surface area contributed by atoms with Crippen LogP contribution < -0.4 is 5.32 Å². The Morgan fingerprint density at radius 2 is 1.69 bits per heavy atom. The zero-order valence-corrected chi connectivity index (χ0v) is 17.8. The molecule has 162 valence electrons. The molecular formula is C20H31FN4O3S. The maximum atomic E-state index is 13.1. The maximum Gasteiger partial charge on any atom is 0.317 e. The van der Waals surface area contributed by atoms with E-state index < -0.39 is 15.8 Å². The van der Waals surface area contributed by atoms with Crippen molar-refractivity contribution in [2.45, 2.75) is 43.5 Å². The largest absolute Gasteiger partial charge is 0.334 e. The SMILES string of the molecule is CC(CN1CCCCC1)NC(=O)N1CCCN(S(=O)(=O)c2ccc(F)cc2)CC1. The van der Waals surface area contributed by atoms with E-state index in [1.165, 1.54) is 35.7 Å². The van der Waals surface area contributed by atoms with Gasteiger partial charge < -0.3 is 15.1 Å². The van der Waals surface area contributed by atoms with Gasteiger partial charge in [-0.25, -0.2) is 17.6 Å². The summed E-state index contributed by atoms with van der Waals surface area (Å²) in [7, 11) is -3.69. The van der Waals surface area contributed by atoms with Crippen LogP contribution in [-0.2, 0) is 10.0 Å². The number of likely N-dealkylation sites (tertiary alicyclic amines) is 1. The minimum Gasteiger partial charge on any atom is -0.334 e. The number of hydrogen-bond acceptors (Lipinski definition) is 4. The number of benzene rings is 1. The summed E-state index contributed by atoms with van der Waals surface area (Å²) in [6.07, 6.45) is 4.27. The monoisotopic (exact) mass is 426 g/mol. The smallest absolute Gasteiger partial charge is 0.317 e. The average molecular weight is 427 g/mol. The molecule has 1 unspecified atom stereocenters. The molecule has 0 aromatic heterocycles. The molecule has 0 saturated carbocycles. The van der Waals surface area contributed by atoms with Crippen LogP contribution in [-0.4, -0.2) is 80.4 Å². The molecule has 7 nitrogen and oxygen atoms in total. The first kappa shape index (κ1) is 22.0. The summed E-state index contributed by atoms with van der Waals surface area (Å²) in [5.41, 5.74) is 0. The van der Waals surface area contributed by atoms with E-state index >= 15 is 0 Å². The van der Waals surface area contributed by atoms with Gasteiger partial charge in [-0.2, -0.15) is 4.31 Å². The quantitative estimate of drug-likeness (QED) is 0.783. The third kappa shape index (κ3) is 5.90. The zero-order chi connectivity index (χ0) is 20.9. The van der Waals surface area contributed by atoms with Gasteiger partial charge in [-0.15, -0.1) is 0 Å². The Morgan fingerprint density at radius 1 is 1.00 bits per heavy atom. The van der Waals surface area contributed by atoms with Crippen LogP contribution in [0.4, 0.5) is 9.18 Å². The third-order valence-electron chi connectivity index (χ3n) is 5.54. The molecule has 0 radical (unpaired) electrons. The number of nitrogens with one attached hydrogen (secondary N) is 1. The third-order valence-corrected chi connectivity index (χ3v) is 7.46. The molecule has 2 heterocycles. The first-order valence-electron chi connectivity index (χ1n) is 10.4. The topological polar surface area (TPSA) is 73.0 Å². The first-order valence-corrected chi connectivity index (χ1v) is 11.8. The van der Waals surface area contributed by atoms with Gasteiger partial charge in [0.25, 0.3) is 0 Å². The predicted octanol–water partition coefficient (Wildman–Crippen LogP) is 2.11. The molecule has 1 atom stereocenters. The second-order valence-corrected chi connectivity index (χ2v) is 9.85. The molecule has 2 aliphatic heterocycles. The molecule has 1 N–H and O–H groups in total. The Bertz CT molecular complexity index is 781. The van der Waals surface area contributed by atoms with Gasteiger partial charge in [0, 0.05) is 38.8 Å². The van der Waals surface area contributed by atoms with Crippen molar-refractivity contribution in [2.75, 3.05) is 45.8 Å². The fraction of sp³-hybridized carbons (Fsp3) is 0.650. The Morgan fingerprint density at radius 3 is 2.38 bits per heavy atom. The number of hydrogen-bond donors (Lipinski definition) is 1. The van der Waals surface area contributed by atoms with Crippen molar-refractivity contribution in [2.24, 2.45) is 0 Å². The lowest BCUT2D eigenvalue weighted by Gasteiger charge is -2.30. The van der Waals surface area contributed by atoms with E-state index in [-0.39, 0.29) is 23.5 Å². The lowest BCUT2D eigenvalue weighted by atomic mass is 10.1. The van der Waals surface area contributed by atoms with Crippen molar-refractivity contribution in [1.29, 1.82) is 0 Å². The Labute approximate surface area is 172 Å². The maximum absolute atomic E-state index is 13.1. The van der Waals surface area contributed by atoms with Crippen molar-refractivity contribution in [3.05, 3.63) is 30.1 Å². The van der Waals surface area contributed by atoms with Crippen molar-refractivity contribution >= 4 is 16.1 Å². The minimum absolute atomic E-state index is 0.0444. The van der Waals surface area contributed by atoms with Crippen LogP contribution in [0.3, 0.4) is 0 Å². The van der Waals surface area contributed by atoms with E-state index in [4.69, 9.17) is 0 Å². The molecule has 1 aromatic carbocycles. The molecule has 2 fully saturated rings. The number of sulfonamides is 1. The number of halogens is 1. The molecule has 29 heavy (non-hydrogen) atoms. The molecule has 9 heteroatoms. The van der Waals surface area contributed by atoms with Crippen LogP contribution in [0.1, 0.15) is 32.6 Å². The van der Waals surface area contributed by atoms with E-state index in [1.54, 1.807) is 4.90 Å². The van der Waals surface area contributed by atoms with Crippen LogP contribution in [0.25, 0.3) is 0 Å². The van der Waals surface area contributed by atoms with Gasteiger partial charge in [-0.3, -0.25) is 0 Å². The fourth-order valence-corrected chi connectivity index (χ4v) is 5.44. The fourth-order valence-electron chi connectivity index (χ4n) is 3.97. The van der Waals surface area contributed by atoms with E-state index in [9.17, 15) is 17.6 Å². The summed E-state index contributed by atoms with van der Waals surface area (Å²) in [5, 5.41) is 3.05. The molecule has 0 spiro atoms. The molecule has 2 saturated heterocycles. The Kier molecular flexibility index (Phi) is 7.48. The molecule has 0 aliphatic carbocycles. The highest BCUT2D eigenvalue weighted by Crippen LogP contribution is 2.18. The number of carbonyl (C=O) groups is 1. The Hall–Kier alpha value is -1.71. The summed E-state index contributed by atoms with van der Waals surface area (Å²) >= 11 is 0. The lowest BCUT2D eigenvalue weighted by Crippen LogP contribution is -2.49. The van der Waals surface area contributed by atoms with Crippen molar-refractivity contribution in [3.63, 3.8) is 0 Å². The summed E-state index contributed by atoms with van der Waals surface area (Å²) in [6.45, 7) is 6.43. The van der Waals surface area contributed by atoms with E-state index in [2.05, 4.69) is 10.2 Å². The number of amides is 2. The standard InChI is InChI=1S/C20H31FN4O3S/c1-17(16-23-10-3-2-4-11-23)22-20(26)24-12-5-13-25(15-14-24)29(27,28)19-8-6-18(21)7-9-19/h6-9,17H,2-5,10-16H2,1H3,(H,22,26). The van der Waals surface area contributed by atoms with E-state index in [0.717, 1.165) is 31.8 Å². The predicted molar refractivity (Wildman–Crippen MR) is 110 cm³/mol. The first-order chi connectivity index (χ1) is 13.9. The zero-order valence-electron chi connectivity index (χ0n) is 17.0. The van der Waals surface area contributed by atoms with Crippen molar-refractivity contribution < 1.29 is 17.6 Å². The van der Waals surface area contributed by atoms with E-state index in [1.807, 2.05) is 6.92 Å². The highest BCUT2D eigenvalue weighted by Gasteiger charge is 2.28. The van der Waals surface area contributed by atoms with Crippen molar-refractivity contribution in [1.82, 2.24) is 19.4 Å². The minimum atomic E-state index is -3.69. The van der Waals surface area contributed by atoms with Gasteiger partial charge >= 0.3 is 6.03 Å². The molecule has 0 bridgehead atoms. The lowest BCUT2D eigenvalue weighted by molar-refractivity contribution is 0.182. The summed E-state index contributed by atoms with van der Waals surface area (Å²) < 4.78 is 40.1. The van der Waals surface area contributed by atoms with E-state index in [0.29, 0.717) is 26.1 Å². The highest BCUT2D eigenvalue weighted by molar-refractivity contribution is 7.89. The second-order valence-electron chi connectivity index (χ2n) is 7.91. The number of urea groups is 1. The summed E-state index contributed by atoms with van der Waals surface area (Å²) in [4.78, 5) is 16.8.